The molecule has 1 aliphatic rings. The largest absolute Gasteiger partial charge is 0.355 e. The topological polar surface area (TPSA) is 82.0 Å². The lowest BCUT2D eigenvalue weighted by Crippen LogP contribution is -2.32. The van der Waals surface area contributed by atoms with Crippen molar-refractivity contribution in [3.05, 3.63) is 65.2 Å². The lowest BCUT2D eigenvalue weighted by Gasteiger charge is -2.24. The highest BCUT2D eigenvalue weighted by Crippen LogP contribution is 2.27. The van der Waals surface area contributed by atoms with Gasteiger partial charge in [0.05, 0.1) is 11.6 Å². The minimum atomic E-state index is -0.155. The van der Waals surface area contributed by atoms with Gasteiger partial charge < -0.3 is 10.6 Å². The highest BCUT2D eigenvalue weighted by Gasteiger charge is 2.26. The Morgan fingerprint density at radius 1 is 1.21 bits per heavy atom. The molecule has 0 aliphatic carbocycles. The van der Waals surface area contributed by atoms with Crippen LogP contribution in [0.3, 0.4) is 0 Å². The lowest BCUT2D eigenvalue weighted by molar-refractivity contribution is -0.122. The summed E-state index contributed by atoms with van der Waals surface area (Å²) in [6.07, 6.45) is 1.58. The van der Waals surface area contributed by atoms with E-state index in [1.165, 1.54) is 0 Å². The van der Waals surface area contributed by atoms with Gasteiger partial charge in [0.2, 0.25) is 11.8 Å². The molecule has 28 heavy (non-hydrogen) atoms. The van der Waals surface area contributed by atoms with E-state index in [0.29, 0.717) is 31.4 Å². The molecule has 0 aromatic heterocycles. The van der Waals surface area contributed by atoms with E-state index in [4.69, 9.17) is 5.26 Å². The summed E-state index contributed by atoms with van der Waals surface area (Å²) in [6.45, 7) is 0.581. The first-order chi connectivity index (χ1) is 13.7. The number of nitrogens with one attached hydrogen (secondary N) is 2. The molecular weight excluding hydrogens is 370 g/mol. The summed E-state index contributed by atoms with van der Waals surface area (Å²) < 4.78 is 0. The predicted molar refractivity (Wildman–Crippen MR) is 112 cm³/mol. The van der Waals surface area contributed by atoms with Crippen molar-refractivity contribution >= 4 is 29.3 Å². The van der Waals surface area contributed by atoms with Crippen LogP contribution >= 0.6 is 11.8 Å². The van der Waals surface area contributed by atoms with Crippen molar-refractivity contribution in [3.63, 3.8) is 0 Å². The highest BCUT2D eigenvalue weighted by molar-refractivity contribution is 7.98. The minimum Gasteiger partial charge on any atom is -0.355 e. The lowest BCUT2D eigenvalue weighted by atomic mass is 9.89. The van der Waals surface area contributed by atoms with Gasteiger partial charge in [-0.15, -0.1) is 0 Å². The molecule has 1 aliphatic heterocycles. The Labute approximate surface area is 169 Å². The number of carbonyl (C=O) groups is 2. The van der Waals surface area contributed by atoms with Gasteiger partial charge in [-0.25, -0.2) is 0 Å². The Morgan fingerprint density at radius 2 is 2.00 bits per heavy atom. The maximum atomic E-state index is 12.2. The normalized spacial score (nSPS) is 15.2. The Hall–Kier alpha value is -2.78. The van der Waals surface area contributed by atoms with Gasteiger partial charge in [0.25, 0.3) is 0 Å². The number of rotatable bonds is 8. The Morgan fingerprint density at radius 3 is 2.86 bits per heavy atom. The summed E-state index contributed by atoms with van der Waals surface area (Å²) >= 11 is 1.69. The zero-order chi connectivity index (χ0) is 19.8. The fraction of sp³-hybridized carbons (Fsp3) is 0.318. The van der Waals surface area contributed by atoms with Crippen LogP contribution in [0, 0.1) is 17.2 Å². The van der Waals surface area contributed by atoms with E-state index in [9.17, 15) is 9.59 Å². The second-order valence-electron chi connectivity index (χ2n) is 6.76. The first kappa shape index (κ1) is 20.0. The van der Waals surface area contributed by atoms with Crippen LogP contribution in [0.15, 0.2) is 48.5 Å². The van der Waals surface area contributed by atoms with Crippen LogP contribution in [0.1, 0.15) is 29.5 Å². The smallest absolute Gasteiger partial charge is 0.227 e. The number of nitrogens with zero attached hydrogens (tertiary/aromatic N) is 1. The first-order valence-corrected chi connectivity index (χ1v) is 10.5. The average molecular weight is 394 g/mol. The van der Waals surface area contributed by atoms with Gasteiger partial charge in [0.1, 0.15) is 0 Å². The molecule has 2 N–H and O–H groups in total. The number of amides is 2. The van der Waals surface area contributed by atoms with Gasteiger partial charge in [0.15, 0.2) is 0 Å². The molecule has 2 aromatic rings. The van der Waals surface area contributed by atoms with E-state index in [-0.39, 0.29) is 17.7 Å². The number of para-hydroxylation sites is 1. The third-order valence-electron chi connectivity index (χ3n) is 4.80. The summed E-state index contributed by atoms with van der Waals surface area (Å²) in [6, 6.07) is 17.6. The summed E-state index contributed by atoms with van der Waals surface area (Å²) in [5.74, 6) is 1.35. The molecule has 6 heteroatoms. The quantitative estimate of drug-likeness (QED) is 0.673. The monoisotopic (exact) mass is 393 g/mol. The second kappa shape index (κ2) is 9.95. The van der Waals surface area contributed by atoms with Gasteiger partial charge in [-0.2, -0.15) is 17.0 Å². The molecule has 3 rings (SSSR count). The SMILES string of the molecule is N#Cc1ccccc1CSCCNC(=O)CC[C@H]1Cc2ccccc2NC1=O. The van der Waals surface area contributed by atoms with E-state index in [0.717, 1.165) is 28.3 Å². The fourth-order valence-electron chi connectivity index (χ4n) is 3.24. The molecule has 0 spiro atoms. The van der Waals surface area contributed by atoms with Crippen molar-refractivity contribution in [2.45, 2.75) is 25.0 Å². The molecule has 1 heterocycles. The number of hydrogen-bond acceptors (Lipinski definition) is 4. The summed E-state index contributed by atoms with van der Waals surface area (Å²) in [5, 5.41) is 14.9. The predicted octanol–water partition coefficient (Wildman–Crippen LogP) is 3.50. The van der Waals surface area contributed by atoms with Crippen molar-refractivity contribution < 1.29 is 9.59 Å². The fourth-order valence-corrected chi connectivity index (χ4v) is 4.10. The number of fused-ring (bicyclic) bond motifs is 1. The van der Waals surface area contributed by atoms with Crippen LogP contribution in [-0.2, 0) is 21.8 Å². The maximum Gasteiger partial charge on any atom is 0.227 e. The number of nitriles is 1. The molecule has 1 atom stereocenters. The van der Waals surface area contributed by atoms with E-state index in [1.807, 2.05) is 48.5 Å². The molecule has 0 saturated heterocycles. The molecule has 0 radical (unpaired) electrons. The molecule has 0 fully saturated rings. The van der Waals surface area contributed by atoms with E-state index >= 15 is 0 Å². The average Bonchev–Trinajstić information content (AvgIpc) is 2.72. The van der Waals surface area contributed by atoms with Crippen molar-refractivity contribution in [1.29, 1.82) is 5.26 Å². The van der Waals surface area contributed by atoms with Gasteiger partial charge in [0, 0.05) is 36.1 Å². The molecule has 144 valence electrons. The van der Waals surface area contributed by atoms with Gasteiger partial charge in [-0.3, -0.25) is 9.59 Å². The Kier molecular flexibility index (Phi) is 7.10. The van der Waals surface area contributed by atoms with Crippen LogP contribution in [0.4, 0.5) is 5.69 Å². The summed E-state index contributed by atoms with van der Waals surface area (Å²) in [5.41, 5.74) is 3.72. The molecule has 0 bridgehead atoms. The van der Waals surface area contributed by atoms with Crippen LogP contribution in [0.2, 0.25) is 0 Å². The van der Waals surface area contributed by atoms with Gasteiger partial charge in [-0.1, -0.05) is 36.4 Å². The minimum absolute atomic E-state index is 0.00165. The van der Waals surface area contributed by atoms with Crippen molar-refractivity contribution in [2.75, 3.05) is 17.6 Å². The van der Waals surface area contributed by atoms with Crippen LogP contribution in [0.5, 0.6) is 0 Å². The summed E-state index contributed by atoms with van der Waals surface area (Å²) in [7, 11) is 0. The second-order valence-corrected chi connectivity index (χ2v) is 7.86. The summed E-state index contributed by atoms with van der Waals surface area (Å²) in [4.78, 5) is 24.3. The molecular formula is C22H23N3O2S. The maximum absolute atomic E-state index is 12.2. The van der Waals surface area contributed by atoms with Gasteiger partial charge >= 0.3 is 0 Å². The number of thioether (sulfide) groups is 1. The Bertz CT molecular complexity index is 891. The zero-order valence-corrected chi connectivity index (χ0v) is 16.4. The van der Waals surface area contributed by atoms with Crippen LogP contribution < -0.4 is 10.6 Å². The molecule has 0 unspecified atom stereocenters. The molecule has 2 aromatic carbocycles. The van der Waals surface area contributed by atoms with Crippen LogP contribution in [0.25, 0.3) is 0 Å². The van der Waals surface area contributed by atoms with E-state index < -0.39 is 0 Å². The third-order valence-corrected chi connectivity index (χ3v) is 5.80. The van der Waals surface area contributed by atoms with Crippen molar-refractivity contribution in [2.24, 2.45) is 5.92 Å². The number of hydrogen-bond donors (Lipinski definition) is 2. The first-order valence-electron chi connectivity index (χ1n) is 9.38. The van der Waals surface area contributed by atoms with Crippen molar-refractivity contribution in [3.8, 4) is 6.07 Å². The zero-order valence-electron chi connectivity index (χ0n) is 15.6. The molecule has 2 amide bonds. The van der Waals surface area contributed by atoms with Crippen LogP contribution in [-0.4, -0.2) is 24.1 Å². The van der Waals surface area contributed by atoms with E-state index in [2.05, 4.69) is 16.7 Å². The number of carbonyl (C=O) groups excluding carboxylic acids is 2. The third kappa shape index (κ3) is 5.37. The highest BCUT2D eigenvalue weighted by atomic mass is 32.2. The molecule has 0 saturated carbocycles. The van der Waals surface area contributed by atoms with Gasteiger partial charge in [-0.05, 0) is 36.1 Å². The number of anilines is 1. The van der Waals surface area contributed by atoms with Crippen molar-refractivity contribution in [1.82, 2.24) is 5.32 Å². The standard InChI is InChI=1S/C22H23N3O2S/c23-14-18-6-1-2-7-19(18)15-28-12-11-24-21(26)10-9-17-13-16-5-3-4-8-20(16)25-22(17)27/h1-8,17H,9-13,15H2,(H,24,26)(H,25,27)/t17-/m0/s1. The Balaban J connectivity index is 1.34. The number of benzene rings is 2. The van der Waals surface area contributed by atoms with E-state index in [1.54, 1.807) is 11.8 Å². The molecule has 5 nitrogen and oxygen atoms in total.